The molecular formula is C19H21N3O2. The second-order valence-corrected chi connectivity index (χ2v) is 5.03. The fourth-order valence-electron chi connectivity index (χ4n) is 1.99. The van der Waals surface area contributed by atoms with E-state index in [1.807, 2.05) is 24.3 Å². The van der Waals surface area contributed by atoms with Crippen molar-refractivity contribution in [3.63, 3.8) is 0 Å². The van der Waals surface area contributed by atoms with Crippen molar-refractivity contribution in [2.24, 2.45) is 0 Å². The third kappa shape index (κ3) is 7.32. The highest BCUT2D eigenvalue weighted by atomic mass is 16.5. The topological polar surface area (TPSA) is 63.2 Å². The van der Waals surface area contributed by atoms with Crippen LogP contribution in [-0.2, 0) is 6.42 Å². The monoisotopic (exact) mass is 323 g/mol. The van der Waals surface area contributed by atoms with E-state index in [1.54, 1.807) is 18.5 Å². The Balaban J connectivity index is 1.50. The van der Waals surface area contributed by atoms with E-state index in [4.69, 9.17) is 4.74 Å². The Morgan fingerprint density at radius 3 is 2.75 bits per heavy atom. The van der Waals surface area contributed by atoms with Gasteiger partial charge in [-0.3, -0.25) is 4.98 Å². The molecule has 24 heavy (non-hydrogen) atoms. The molecule has 0 bridgehead atoms. The van der Waals surface area contributed by atoms with Crippen LogP contribution in [0.15, 0.2) is 54.9 Å². The minimum atomic E-state index is -0.203. The van der Waals surface area contributed by atoms with Gasteiger partial charge >= 0.3 is 6.03 Å². The van der Waals surface area contributed by atoms with Crippen molar-refractivity contribution < 1.29 is 9.53 Å². The van der Waals surface area contributed by atoms with E-state index in [2.05, 4.69) is 39.6 Å². The van der Waals surface area contributed by atoms with Gasteiger partial charge in [0, 0.05) is 12.7 Å². The number of amides is 2. The van der Waals surface area contributed by atoms with Gasteiger partial charge in [-0.25, -0.2) is 4.79 Å². The molecule has 0 aliphatic rings. The van der Waals surface area contributed by atoms with Crippen LogP contribution in [0.1, 0.15) is 12.0 Å². The minimum Gasteiger partial charge on any atom is -0.479 e. The lowest BCUT2D eigenvalue weighted by Gasteiger charge is -2.05. The SMILES string of the molecule is O=C(NCC#CCOc1cccnc1)NCCCc1ccccc1. The van der Waals surface area contributed by atoms with Gasteiger partial charge in [0.1, 0.15) is 12.4 Å². The highest BCUT2D eigenvalue weighted by Gasteiger charge is 1.97. The predicted octanol–water partition coefficient (Wildman–Crippen LogP) is 2.40. The summed E-state index contributed by atoms with van der Waals surface area (Å²) in [6, 6.07) is 13.6. The Kier molecular flexibility index (Phi) is 7.72. The van der Waals surface area contributed by atoms with E-state index in [1.165, 1.54) is 5.56 Å². The smallest absolute Gasteiger partial charge is 0.315 e. The highest BCUT2D eigenvalue weighted by molar-refractivity contribution is 5.74. The summed E-state index contributed by atoms with van der Waals surface area (Å²) in [6.07, 6.45) is 5.17. The minimum absolute atomic E-state index is 0.203. The molecule has 0 spiro atoms. The summed E-state index contributed by atoms with van der Waals surface area (Å²) in [7, 11) is 0. The zero-order chi connectivity index (χ0) is 16.9. The van der Waals surface area contributed by atoms with E-state index in [-0.39, 0.29) is 12.6 Å². The van der Waals surface area contributed by atoms with Crippen LogP contribution >= 0.6 is 0 Å². The number of hydrogen-bond donors (Lipinski definition) is 2. The number of hydrogen-bond acceptors (Lipinski definition) is 3. The molecule has 0 radical (unpaired) electrons. The molecule has 5 nitrogen and oxygen atoms in total. The number of carbonyl (C=O) groups excluding carboxylic acids is 1. The van der Waals surface area contributed by atoms with E-state index in [0.29, 0.717) is 18.8 Å². The van der Waals surface area contributed by atoms with Crippen molar-refractivity contribution in [1.82, 2.24) is 15.6 Å². The molecular weight excluding hydrogens is 302 g/mol. The lowest BCUT2D eigenvalue weighted by molar-refractivity contribution is 0.242. The molecule has 5 heteroatoms. The summed E-state index contributed by atoms with van der Waals surface area (Å²) in [5, 5.41) is 5.50. The van der Waals surface area contributed by atoms with Gasteiger partial charge in [0.05, 0.1) is 12.7 Å². The first-order valence-corrected chi connectivity index (χ1v) is 7.89. The van der Waals surface area contributed by atoms with E-state index < -0.39 is 0 Å². The first-order valence-electron chi connectivity index (χ1n) is 7.89. The molecule has 0 saturated heterocycles. The molecule has 0 aliphatic heterocycles. The maximum Gasteiger partial charge on any atom is 0.315 e. The number of aryl methyl sites for hydroxylation is 1. The molecule has 2 rings (SSSR count). The summed E-state index contributed by atoms with van der Waals surface area (Å²) in [4.78, 5) is 15.5. The molecule has 0 saturated carbocycles. The fraction of sp³-hybridized carbons (Fsp3) is 0.263. The van der Waals surface area contributed by atoms with Crippen molar-refractivity contribution in [2.45, 2.75) is 12.8 Å². The average Bonchev–Trinajstić information content (AvgIpc) is 2.63. The molecule has 0 unspecified atom stereocenters. The molecule has 2 N–H and O–H groups in total. The van der Waals surface area contributed by atoms with Crippen LogP contribution in [0.5, 0.6) is 5.75 Å². The van der Waals surface area contributed by atoms with Crippen LogP contribution in [0.25, 0.3) is 0 Å². The van der Waals surface area contributed by atoms with Gasteiger partial charge in [-0.2, -0.15) is 0 Å². The number of pyridine rings is 1. The molecule has 0 atom stereocenters. The van der Waals surface area contributed by atoms with Gasteiger partial charge in [-0.15, -0.1) is 0 Å². The number of aromatic nitrogens is 1. The largest absolute Gasteiger partial charge is 0.479 e. The van der Waals surface area contributed by atoms with E-state index >= 15 is 0 Å². The van der Waals surface area contributed by atoms with Gasteiger partial charge in [0.2, 0.25) is 0 Å². The van der Waals surface area contributed by atoms with Gasteiger partial charge in [0.15, 0.2) is 0 Å². The number of carbonyl (C=O) groups is 1. The summed E-state index contributed by atoms with van der Waals surface area (Å²) in [5.74, 6) is 6.35. The zero-order valence-electron chi connectivity index (χ0n) is 13.5. The maximum atomic E-state index is 11.6. The molecule has 0 aliphatic carbocycles. The fourth-order valence-corrected chi connectivity index (χ4v) is 1.99. The third-order valence-corrected chi connectivity index (χ3v) is 3.18. The standard InChI is InChI=1S/C19H21N3O2/c23-19(22-14-6-10-17-8-2-1-3-9-17)21-13-4-5-15-24-18-11-7-12-20-16-18/h1-3,7-9,11-12,16H,6,10,13-15H2,(H2,21,22,23). The number of ether oxygens (including phenoxy) is 1. The van der Waals surface area contributed by atoms with Crippen LogP contribution in [0.2, 0.25) is 0 Å². The van der Waals surface area contributed by atoms with Crippen LogP contribution in [0, 0.1) is 11.8 Å². The van der Waals surface area contributed by atoms with E-state index in [0.717, 1.165) is 12.8 Å². The van der Waals surface area contributed by atoms with Crippen molar-refractivity contribution in [2.75, 3.05) is 19.7 Å². The van der Waals surface area contributed by atoms with Crippen LogP contribution in [-0.4, -0.2) is 30.7 Å². The second kappa shape index (κ2) is 10.7. The first kappa shape index (κ1) is 17.4. The van der Waals surface area contributed by atoms with Gasteiger partial charge in [-0.05, 0) is 30.5 Å². The quantitative estimate of drug-likeness (QED) is 0.607. The number of rotatable bonds is 7. The molecule has 1 aromatic carbocycles. The Labute approximate surface area is 142 Å². The normalized spacial score (nSPS) is 9.50. The zero-order valence-corrected chi connectivity index (χ0v) is 13.5. The second-order valence-electron chi connectivity index (χ2n) is 5.03. The number of nitrogens with zero attached hydrogens (tertiary/aromatic N) is 1. The Morgan fingerprint density at radius 2 is 1.96 bits per heavy atom. The Hall–Kier alpha value is -3.00. The van der Waals surface area contributed by atoms with Gasteiger partial charge in [-0.1, -0.05) is 42.2 Å². The summed E-state index contributed by atoms with van der Waals surface area (Å²) >= 11 is 0. The van der Waals surface area contributed by atoms with Crippen molar-refractivity contribution >= 4 is 6.03 Å². The lowest BCUT2D eigenvalue weighted by atomic mass is 10.1. The lowest BCUT2D eigenvalue weighted by Crippen LogP contribution is -2.36. The van der Waals surface area contributed by atoms with Crippen molar-refractivity contribution in [1.29, 1.82) is 0 Å². The Bertz CT molecular complexity index is 663. The number of benzene rings is 1. The van der Waals surface area contributed by atoms with Crippen molar-refractivity contribution in [3.8, 4) is 17.6 Å². The molecule has 124 valence electrons. The Morgan fingerprint density at radius 1 is 1.08 bits per heavy atom. The van der Waals surface area contributed by atoms with E-state index in [9.17, 15) is 4.79 Å². The van der Waals surface area contributed by atoms with Gasteiger partial charge in [0.25, 0.3) is 0 Å². The molecule has 1 heterocycles. The van der Waals surface area contributed by atoms with Crippen molar-refractivity contribution in [3.05, 3.63) is 60.4 Å². The van der Waals surface area contributed by atoms with Crippen LogP contribution in [0.3, 0.4) is 0 Å². The summed E-state index contributed by atoms with van der Waals surface area (Å²) in [5.41, 5.74) is 1.28. The summed E-state index contributed by atoms with van der Waals surface area (Å²) in [6.45, 7) is 1.20. The maximum absolute atomic E-state index is 11.6. The van der Waals surface area contributed by atoms with Crippen LogP contribution in [0.4, 0.5) is 4.79 Å². The van der Waals surface area contributed by atoms with Gasteiger partial charge < -0.3 is 15.4 Å². The highest BCUT2D eigenvalue weighted by Crippen LogP contribution is 2.04. The summed E-state index contributed by atoms with van der Waals surface area (Å²) < 4.78 is 5.37. The van der Waals surface area contributed by atoms with Crippen LogP contribution < -0.4 is 15.4 Å². The molecule has 1 aromatic heterocycles. The number of urea groups is 1. The average molecular weight is 323 g/mol. The molecule has 2 amide bonds. The first-order chi connectivity index (χ1) is 11.8. The third-order valence-electron chi connectivity index (χ3n) is 3.18. The predicted molar refractivity (Wildman–Crippen MR) is 93.7 cm³/mol. The molecule has 0 fully saturated rings. The number of nitrogens with one attached hydrogen (secondary N) is 2. The molecule has 2 aromatic rings.